The van der Waals surface area contributed by atoms with E-state index in [1.165, 1.54) is 0 Å². The van der Waals surface area contributed by atoms with Gasteiger partial charge in [-0.25, -0.2) is 0 Å². The summed E-state index contributed by atoms with van der Waals surface area (Å²) in [7, 11) is 0. The highest BCUT2D eigenvalue weighted by atomic mass is 16.5. The second-order valence-corrected chi connectivity index (χ2v) is 6.66. The van der Waals surface area contributed by atoms with Gasteiger partial charge in [-0.2, -0.15) is 0 Å². The molecule has 0 aromatic heterocycles. The summed E-state index contributed by atoms with van der Waals surface area (Å²) in [6, 6.07) is 14.9. The Morgan fingerprint density at radius 3 is 2.77 bits per heavy atom. The van der Waals surface area contributed by atoms with Crippen molar-refractivity contribution in [2.24, 2.45) is 0 Å². The van der Waals surface area contributed by atoms with Crippen LogP contribution in [-0.2, 0) is 16.0 Å². The lowest BCUT2D eigenvalue weighted by atomic mass is 10.1. The SMILES string of the molecule is Cc1ccccc1CC(=O)Nc1cccc(C(=O)N2CCOC(C)C2)c1. The highest BCUT2D eigenvalue weighted by molar-refractivity contribution is 5.97. The van der Waals surface area contributed by atoms with Gasteiger partial charge >= 0.3 is 0 Å². The number of nitrogens with one attached hydrogen (secondary N) is 1. The molecule has 136 valence electrons. The van der Waals surface area contributed by atoms with E-state index < -0.39 is 0 Å². The molecule has 2 aromatic carbocycles. The Morgan fingerprint density at radius 2 is 2.00 bits per heavy atom. The highest BCUT2D eigenvalue weighted by Gasteiger charge is 2.22. The van der Waals surface area contributed by atoms with E-state index in [2.05, 4.69) is 5.32 Å². The number of hydrogen-bond acceptors (Lipinski definition) is 3. The minimum Gasteiger partial charge on any atom is -0.375 e. The number of rotatable bonds is 4. The van der Waals surface area contributed by atoms with Crippen molar-refractivity contribution in [1.82, 2.24) is 4.90 Å². The van der Waals surface area contributed by atoms with Crippen LogP contribution in [0.3, 0.4) is 0 Å². The van der Waals surface area contributed by atoms with Gasteiger partial charge in [0.05, 0.1) is 19.1 Å². The predicted octanol–water partition coefficient (Wildman–Crippen LogP) is 3.04. The first kappa shape index (κ1) is 18.1. The lowest BCUT2D eigenvalue weighted by molar-refractivity contribution is -0.115. The summed E-state index contributed by atoms with van der Waals surface area (Å²) in [4.78, 5) is 26.8. The van der Waals surface area contributed by atoms with Crippen LogP contribution in [0.15, 0.2) is 48.5 Å². The summed E-state index contributed by atoms with van der Waals surface area (Å²) >= 11 is 0. The van der Waals surface area contributed by atoms with Gasteiger partial charge in [-0.1, -0.05) is 30.3 Å². The lowest BCUT2D eigenvalue weighted by Gasteiger charge is -2.31. The standard InChI is InChI=1S/C21H24N2O3/c1-15-6-3-4-7-17(15)13-20(24)22-19-9-5-8-18(12-19)21(25)23-10-11-26-16(2)14-23/h3-9,12,16H,10-11,13-14H2,1-2H3,(H,22,24). The maximum absolute atomic E-state index is 12.7. The Labute approximate surface area is 154 Å². The van der Waals surface area contributed by atoms with Gasteiger partial charge in [0.25, 0.3) is 5.91 Å². The van der Waals surface area contributed by atoms with Crippen LogP contribution in [0.25, 0.3) is 0 Å². The summed E-state index contributed by atoms with van der Waals surface area (Å²) in [6.07, 6.45) is 0.357. The van der Waals surface area contributed by atoms with Gasteiger partial charge in [0, 0.05) is 24.3 Å². The van der Waals surface area contributed by atoms with Crippen molar-refractivity contribution in [3.8, 4) is 0 Å². The molecule has 5 heteroatoms. The zero-order valence-electron chi connectivity index (χ0n) is 15.2. The van der Waals surface area contributed by atoms with Crippen molar-refractivity contribution >= 4 is 17.5 Å². The van der Waals surface area contributed by atoms with Crippen molar-refractivity contribution in [2.75, 3.05) is 25.0 Å². The molecule has 1 atom stereocenters. The molecule has 26 heavy (non-hydrogen) atoms. The maximum Gasteiger partial charge on any atom is 0.254 e. The third-order valence-electron chi connectivity index (χ3n) is 4.53. The zero-order chi connectivity index (χ0) is 18.5. The van der Waals surface area contributed by atoms with Crippen molar-refractivity contribution in [1.29, 1.82) is 0 Å². The molecule has 2 amide bonds. The number of aryl methyl sites for hydroxylation is 1. The number of hydrogen-bond donors (Lipinski definition) is 1. The topological polar surface area (TPSA) is 58.6 Å². The molecule has 0 bridgehead atoms. The predicted molar refractivity (Wildman–Crippen MR) is 101 cm³/mol. The van der Waals surface area contributed by atoms with E-state index in [9.17, 15) is 9.59 Å². The van der Waals surface area contributed by atoms with Crippen LogP contribution in [0.2, 0.25) is 0 Å². The molecule has 1 unspecified atom stereocenters. The zero-order valence-corrected chi connectivity index (χ0v) is 15.2. The molecule has 1 aliphatic heterocycles. The Kier molecular flexibility index (Phi) is 5.68. The average molecular weight is 352 g/mol. The molecule has 0 aliphatic carbocycles. The van der Waals surface area contributed by atoms with E-state index in [0.717, 1.165) is 11.1 Å². The summed E-state index contributed by atoms with van der Waals surface area (Å²) in [5.41, 5.74) is 3.30. The number of nitrogens with zero attached hydrogens (tertiary/aromatic N) is 1. The van der Waals surface area contributed by atoms with Gasteiger partial charge < -0.3 is 15.0 Å². The normalized spacial score (nSPS) is 17.0. The second-order valence-electron chi connectivity index (χ2n) is 6.66. The molecule has 1 aliphatic rings. The summed E-state index contributed by atoms with van der Waals surface area (Å²) in [5, 5.41) is 2.89. The van der Waals surface area contributed by atoms with Crippen molar-refractivity contribution in [3.63, 3.8) is 0 Å². The van der Waals surface area contributed by atoms with E-state index in [4.69, 9.17) is 4.74 Å². The fraction of sp³-hybridized carbons (Fsp3) is 0.333. The van der Waals surface area contributed by atoms with Crippen LogP contribution in [0, 0.1) is 6.92 Å². The van der Waals surface area contributed by atoms with Crippen LogP contribution < -0.4 is 5.32 Å². The number of anilines is 1. The van der Waals surface area contributed by atoms with Crippen molar-refractivity contribution < 1.29 is 14.3 Å². The third kappa shape index (κ3) is 4.49. The molecule has 0 spiro atoms. The van der Waals surface area contributed by atoms with Crippen molar-refractivity contribution in [2.45, 2.75) is 26.4 Å². The molecule has 1 N–H and O–H groups in total. The average Bonchev–Trinajstić information content (AvgIpc) is 2.63. The lowest BCUT2D eigenvalue weighted by Crippen LogP contribution is -2.44. The largest absolute Gasteiger partial charge is 0.375 e. The Balaban J connectivity index is 1.66. The van der Waals surface area contributed by atoms with E-state index in [-0.39, 0.29) is 17.9 Å². The molecular formula is C21H24N2O3. The molecular weight excluding hydrogens is 328 g/mol. The van der Waals surface area contributed by atoms with Crippen LogP contribution in [-0.4, -0.2) is 42.5 Å². The monoisotopic (exact) mass is 352 g/mol. The quantitative estimate of drug-likeness (QED) is 0.920. The fourth-order valence-corrected chi connectivity index (χ4v) is 3.10. The van der Waals surface area contributed by atoms with Crippen molar-refractivity contribution in [3.05, 3.63) is 65.2 Å². The van der Waals surface area contributed by atoms with E-state index in [1.54, 1.807) is 29.2 Å². The molecule has 0 saturated carbocycles. The van der Waals surface area contributed by atoms with Gasteiger partial charge in [0.2, 0.25) is 5.91 Å². The number of amides is 2. The smallest absolute Gasteiger partial charge is 0.254 e. The van der Waals surface area contributed by atoms with Gasteiger partial charge in [0.15, 0.2) is 0 Å². The molecule has 1 heterocycles. The maximum atomic E-state index is 12.7. The number of ether oxygens (including phenoxy) is 1. The van der Waals surface area contributed by atoms with Crippen LogP contribution in [0.4, 0.5) is 5.69 Å². The number of carbonyl (C=O) groups excluding carboxylic acids is 2. The first-order valence-corrected chi connectivity index (χ1v) is 8.88. The number of morpholine rings is 1. The summed E-state index contributed by atoms with van der Waals surface area (Å²) in [5.74, 6) is -0.126. The highest BCUT2D eigenvalue weighted by Crippen LogP contribution is 2.16. The fourth-order valence-electron chi connectivity index (χ4n) is 3.10. The molecule has 2 aromatic rings. The molecule has 1 fully saturated rings. The first-order chi connectivity index (χ1) is 12.5. The summed E-state index contributed by atoms with van der Waals surface area (Å²) in [6.45, 7) is 5.68. The number of benzene rings is 2. The molecule has 1 saturated heterocycles. The number of carbonyl (C=O) groups is 2. The van der Waals surface area contributed by atoms with Gasteiger partial charge in [-0.05, 0) is 43.2 Å². The Hall–Kier alpha value is -2.66. The van der Waals surface area contributed by atoms with E-state index >= 15 is 0 Å². The third-order valence-corrected chi connectivity index (χ3v) is 4.53. The first-order valence-electron chi connectivity index (χ1n) is 8.88. The van der Waals surface area contributed by atoms with E-state index in [1.807, 2.05) is 38.1 Å². The van der Waals surface area contributed by atoms with Crippen LogP contribution in [0.1, 0.15) is 28.4 Å². The van der Waals surface area contributed by atoms with Gasteiger partial charge in [0.1, 0.15) is 0 Å². The second kappa shape index (κ2) is 8.15. The minimum atomic E-state index is -0.0936. The Bertz CT molecular complexity index is 803. The summed E-state index contributed by atoms with van der Waals surface area (Å²) < 4.78 is 5.49. The van der Waals surface area contributed by atoms with Gasteiger partial charge in [-0.3, -0.25) is 9.59 Å². The minimum absolute atomic E-state index is 0.0323. The molecule has 0 radical (unpaired) electrons. The van der Waals surface area contributed by atoms with Crippen LogP contribution >= 0.6 is 0 Å². The van der Waals surface area contributed by atoms with Gasteiger partial charge in [-0.15, -0.1) is 0 Å². The van der Waals surface area contributed by atoms with Crippen LogP contribution in [0.5, 0.6) is 0 Å². The Morgan fingerprint density at radius 1 is 1.19 bits per heavy atom. The molecule has 3 rings (SSSR count). The van der Waals surface area contributed by atoms with E-state index in [0.29, 0.717) is 37.4 Å². The molecule has 5 nitrogen and oxygen atoms in total.